The molecule has 2 fully saturated rings. The summed E-state index contributed by atoms with van der Waals surface area (Å²) in [7, 11) is -1.01. The Hall–Kier alpha value is -0.170. The molecule has 5 nitrogen and oxygen atoms in total. The molecular formula is C11H22N2O3S. The average Bonchev–Trinajstić information content (AvgIpc) is 2.99. The summed E-state index contributed by atoms with van der Waals surface area (Å²) in [6.45, 7) is 2.26. The van der Waals surface area contributed by atoms with Crippen LogP contribution < -0.4 is 5.73 Å². The molecule has 2 atom stereocenters. The van der Waals surface area contributed by atoms with Gasteiger partial charge in [-0.05, 0) is 25.8 Å². The Morgan fingerprint density at radius 1 is 1.35 bits per heavy atom. The van der Waals surface area contributed by atoms with Crippen molar-refractivity contribution in [1.29, 1.82) is 0 Å². The Morgan fingerprint density at radius 3 is 2.59 bits per heavy atom. The van der Waals surface area contributed by atoms with Gasteiger partial charge in [0, 0.05) is 25.2 Å². The van der Waals surface area contributed by atoms with Gasteiger partial charge in [-0.1, -0.05) is 0 Å². The van der Waals surface area contributed by atoms with E-state index in [1.54, 1.807) is 0 Å². The third kappa shape index (κ3) is 3.91. The van der Waals surface area contributed by atoms with Gasteiger partial charge in [-0.3, -0.25) is 4.90 Å². The van der Waals surface area contributed by atoms with Crippen LogP contribution >= 0.6 is 0 Å². The van der Waals surface area contributed by atoms with E-state index < -0.39 is 9.84 Å². The zero-order valence-electron chi connectivity index (χ0n) is 10.3. The van der Waals surface area contributed by atoms with Gasteiger partial charge in [-0.2, -0.15) is 0 Å². The van der Waals surface area contributed by atoms with Crippen LogP contribution in [0, 0.1) is 5.92 Å². The standard InChI is InChI=1S/C11H22N2O3S/c1-13(4-5-16-6-9-2-3-9)11-8-17(14,15)7-10(11)12/h9-11H,2-8,12H2,1H3. The van der Waals surface area contributed by atoms with Gasteiger partial charge in [0.25, 0.3) is 0 Å². The molecule has 0 aromatic carbocycles. The lowest BCUT2D eigenvalue weighted by Crippen LogP contribution is -2.46. The van der Waals surface area contributed by atoms with E-state index in [-0.39, 0.29) is 23.6 Å². The maximum absolute atomic E-state index is 11.4. The van der Waals surface area contributed by atoms with Crippen LogP contribution in [0.1, 0.15) is 12.8 Å². The molecule has 0 bridgehead atoms. The van der Waals surface area contributed by atoms with Crippen molar-refractivity contribution in [3.8, 4) is 0 Å². The second-order valence-electron chi connectivity index (χ2n) is 5.31. The van der Waals surface area contributed by atoms with Gasteiger partial charge in [0.1, 0.15) is 0 Å². The van der Waals surface area contributed by atoms with Gasteiger partial charge in [0.05, 0.1) is 18.1 Å². The van der Waals surface area contributed by atoms with E-state index >= 15 is 0 Å². The molecule has 2 rings (SSSR count). The first-order valence-corrected chi connectivity index (χ1v) is 8.04. The predicted octanol–water partition coefficient (Wildman–Crippen LogP) is -0.531. The molecule has 17 heavy (non-hydrogen) atoms. The van der Waals surface area contributed by atoms with Gasteiger partial charge in [0.15, 0.2) is 9.84 Å². The second kappa shape index (κ2) is 5.22. The fourth-order valence-electron chi connectivity index (χ4n) is 2.22. The van der Waals surface area contributed by atoms with E-state index in [0.29, 0.717) is 6.61 Å². The van der Waals surface area contributed by atoms with Crippen LogP contribution in [0.2, 0.25) is 0 Å². The summed E-state index contributed by atoms with van der Waals surface area (Å²) in [6.07, 6.45) is 2.59. The van der Waals surface area contributed by atoms with Gasteiger partial charge < -0.3 is 10.5 Å². The van der Waals surface area contributed by atoms with E-state index in [2.05, 4.69) is 0 Å². The summed E-state index contributed by atoms with van der Waals surface area (Å²) in [5.41, 5.74) is 5.86. The van der Waals surface area contributed by atoms with Gasteiger partial charge >= 0.3 is 0 Å². The summed E-state index contributed by atoms with van der Waals surface area (Å²) in [5.74, 6) is 1.08. The lowest BCUT2D eigenvalue weighted by atomic mass is 10.1. The summed E-state index contributed by atoms with van der Waals surface area (Å²) in [4.78, 5) is 2.02. The number of rotatable bonds is 6. The molecule has 2 unspecified atom stereocenters. The highest BCUT2D eigenvalue weighted by Crippen LogP contribution is 2.28. The maximum Gasteiger partial charge on any atom is 0.153 e. The van der Waals surface area contributed by atoms with Crippen molar-refractivity contribution in [2.24, 2.45) is 11.7 Å². The molecule has 1 heterocycles. The van der Waals surface area contributed by atoms with Crippen LogP contribution in [0.3, 0.4) is 0 Å². The monoisotopic (exact) mass is 262 g/mol. The van der Waals surface area contributed by atoms with Crippen LogP contribution in [0.5, 0.6) is 0 Å². The molecule has 0 aromatic rings. The Balaban J connectivity index is 1.69. The fourth-order valence-corrected chi connectivity index (χ4v) is 4.19. The lowest BCUT2D eigenvalue weighted by molar-refractivity contribution is 0.0924. The zero-order valence-corrected chi connectivity index (χ0v) is 11.2. The van der Waals surface area contributed by atoms with Crippen LogP contribution in [-0.4, -0.2) is 63.7 Å². The summed E-state index contributed by atoms with van der Waals surface area (Å²) < 4.78 is 28.4. The molecule has 0 aromatic heterocycles. The molecule has 0 amide bonds. The second-order valence-corrected chi connectivity index (χ2v) is 7.46. The number of sulfone groups is 1. The van der Waals surface area contributed by atoms with E-state index in [1.807, 2.05) is 11.9 Å². The number of nitrogens with zero attached hydrogens (tertiary/aromatic N) is 1. The first-order valence-electron chi connectivity index (χ1n) is 6.22. The first-order chi connectivity index (χ1) is 7.98. The number of ether oxygens (including phenoxy) is 1. The predicted molar refractivity (Wildman–Crippen MR) is 66.6 cm³/mol. The SMILES string of the molecule is CN(CCOCC1CC1)C1CS(=O)(=O)CC1N. The minimum absolute atomic E-state index is 0.0514. The van der Waals surface area contributed by atoms with Crippen molar-refractivity contribution in [3.63, 3.8) is 0 Å². The minimum atomic E-state index is -2.93. The van der Waals surface area contributed by atoms with E-state index in [4.69, 9.17) is 10.5 Å². The third-order valence-corrected chi connectivity index (χ3v) is 5.31. The lowest BCUT2D eigenvalue weighted by Gasteiger charge is -2.26. The molecule has 0 radical (unpaired) electrons. The number of hydrogen-bond acceptors (Lipinski definition) is 5. The summed E-state index contributed by atoms with van der Waals surface area (Å²) >= 11 is 0. The molecule has 0 spiro atoms. The molecule has 2 N–H and O–H groups in total. The van der Waals surface area contributed by atoms with Crippen molar-refractivity contribution in [2.75, 3.05) is 38.3 Å². The summed E-state index contributed by atoms with van der Waals surface area (Å²) in [5, 5.41) is 0. The van der Waals surface area contributed by atoms with E-state index in [1.165, 1.54) is 12.8 Å². The highest BCUT2D eigenvalue weighted by Gasteiger charge is 2.37. The van der Waals surface area contributed by atoms with Crippen molar-refractivity contribution in [2.45, 2.75) is 24.9 Å². The first kappa shape index (κ1) is 13.3. The maximum atomic E-state index is 11.4. The Bertz CT molecular complexity index is 354. The molecule has 1 saturated carbocycles. The topological polar surface area (TPSA) is 72.6 Å². The number of hydrogen-bond donors (Lipinski definition) is 1. The Kier molecular flexibility index (Phi) is 4.07. The quantitative estimate of drug-likeness (QED) is 0.651. The molecule has 1 aliphatic carbocycles. The minimum Gasteiger partial charge on any atom is -0.380 e. The highest BCUT2D eigenvalue weighted by molar-refractivity contribution is 7.91. The molecule has 1 saturated heterocycles. The summed E-state index contributed by atoms with van der Waals surface area (Å²) in [6, 6.07) is -0.307. The Labute approximate surface area is 103 Å². The smallest absolute Gasteiger partial charge is 0.153 e. The van der Waals surface area contributed by atoms with Crippen LogP contribution in [0.4, 0.5) is 0 Å². The molecule has 100 valence electrons. The molecule has 2 aliphatic rings. The van der Waals surface area contributed by atoms with Crippen LogP contribution in [0.15, 0.2) is 0 Å². The molecular weight excluding hydrogens is 240 g/mol. The van der Waals surface area contributed by atoms with E-state index in [0.717, 1.165) is 19.1 Å². The number of nitrogens with two attached hydrogens (primary N) is 1. The highest BCUT2D eigenvalue weighted by atomic mass is 32.2. The number of likely N-dealkylation sites (N-methyl/N-ethyl adjacent to an activating group) is 1. The van der Waals surface area contributed by atoms with Crippen molar-refractivity contribution < 1.29 is 13.2 Å². The van der Waals surface area contributed by atoms with Crippen molar-refractivity contribution >= 4 is 9.84 Å². The van der Waals surface area contributed by atoms with Crippen molar-refractivity contribution in [3.05, 3.63) is 0 Å². The average molecular weight is 262 g/mol. The Morgan fingerprint density at radius 2 is 2.06 bits per heavy atom. The molecule has 6 heteroatoms. The van der Waals surface area contributed by atoms with Gasteiger partial charge in [-0.25, -0.2) is 8.42 Å². The van der Waals surface area contributed by atoms with Gasteiger partial charge in [0.2, 0.25) is 0 Å². The van der Waals surface area contributed by atoms with Crippen molar-refractivity contribution in [1.82, 2.24) is 4.90 Å². The van der Waals surface area contributed by atoms with Gasteiger partial charge in [-0.15, -0.1) is 0 Å². The zero-order chi connectivity index (χ0) is 12.5. The molecule has 1 aliphatic heterocycles. The van der Waals surface area contributed by atoms with Crippen LogP contribution in [0.25, 0.3) is 0 Å². The van der Waals surface area contributed by atoms with E-state index in [9.17, 15) is 8.42 Å². The normalized spacial score (nSPS) is 32.2. The largest absolute Gasteiger partial charge is 0.380 e. The van der Waals surface area contributed by atoms with Crippen LogP contribution in [-0.2, 0) is 14.6 Å². The third-order valence-electron chi connectivity index (χ3n) is 3.57. The fraction of sp³-hybridized carbons (Fsp3) is 1.00.